The van der Waals surface area contributed by atoms with Gasteiger partial charge in [-0.1, -0.05) is 0 Å². The van der Waals surface area contributed by atoms with Crippen molar-refractivity contribution < 1.29 is 13.2 Å². The zero-order valence-corrected chi connectivity index (χ0v) is 11.2. The van der Waals surface area contributed by atoms with Gasteiger partial charge in [0.15, 0.2) is 0 Å². The minimum atomic E-state index is -4.32. The molecular formula is C12H14F3N3S. The van der Waals surface area contributed by atoms with Crippen molar-refractivity contribution in [3.63, 3.8) is 0 Å². The van der Waals surface area contributed by atoms with Gasteiger partial charge in [0.1, 0.15) is 0 Å². The molecule has 2 aromatic heterocycles. The van der Waals surface area contributed by atoms with Gasteiger partial charge in [-0.05, 0) is 23.9 Å². The summed E-state index contributed by atoms with van der Waals surface area (Å²) in [6.45, 7) is 3.77. The number of aryl methyl sites for hydroxylation is 1. The Morgan fingerprint density at radius 2 is 2.21 bits per heavy atom. The highest BCUT2D eigenvalue weighted by Gasteiger charge is 2.32. The summed E-state index contributed by atoms with van der Waals surface area (Å²) in [6.07, 6.45) is -2.44. The molecule has 0 aromatic carbocycles. The minimum Gasteiger partial charge on any atom is -0.310 e. The van der Waals surface area contributed by atoms with E-state index >= 15 is 0 Å². The second-order valence-electron chi connectivity index (χ2n) is 4.19. The molecule has 0 aliphatic carbocycles. The topological polar surface area (TPSA) is 29.9 Å². The fourth-order valence-electron chi connectivity index (χ4n) is 1.61. The number of halogens is 3. The van der Waals surface area contributed by atoms with E-state index in [1.807, 2.05) is 18.4 Å². The lowest BCUT2D eigenvalue weighted by molar-refractivity contribution is -0.137. The molecular weight excluding hydrogens is 275 g/mol. The van der Waals surface area contributed by atoms with Gasteiger partial charge in [-0.2, -0.15) is 18.3 Å². The third kappa shape index (κ3) is 3.81. The molecule has 0 aliphatic heterocycles. The van der Waals surface area contributed by atoms with E-state index < -0.39 is 11.7 Å². The van der Waals surface area contributed by atoms with Gasteiger partial charge >= 0.3 is 6.18 Å². The fourth-order valence-corrected chi connectivity index (χ4v) is 2.49. The highest BCUT2D eigenvalue weighted by Crippen LogP contribution is 2.28. The maximum atomic E-state index is 12.4. The number of aromatic nitrogens is 2. The Morgan fingerprint density at radius 1 is 1.42 bits per heavy atom. The molecule has 1 N–H and O–H groups in total. The van der Waals surface area contributed by atoms with Crippen molar-refractivity contribution in [1.82, 2.24) is 15.1 Å². The normalized spacial score (nSPS) is 12.0. The SMILES string of the molecule is Cc1ccsc1CNCCn1cc(C(F)(F)F)cn1. The van der Waals surface area contributed by atoms with Gasteiger partial charge in [-0.3, -0.25) is 4.68 Å². The van der Waals surface area contributed by atoms with Gasteiger partial charge < -0.3 is 5.32 Å². The van der Waals surface area contributed by atoms with Crippen LogP contribution >= 0.6 is 11.3 Å². The molecule has 0 atom stereocenters. The molecule has 2 heterocycles. The summed E-state index contributed by atoms with van der Waals surface area (Å²) in [4.78, 5) is 1.25. The summed E-state index contributed by atoms with van der Waals surface area (Å²) in [5, 5.41) is 8.91. The van der Waals surface area contributed by atoms with Crippen LogP contribution in [-0.4, -0.2) is 16.3 Å². The van der Waals surface area contributed by atoms with E-state index in [2.05, 4.69) is 10.4 Å². The number of nitrogens with zero attached hydrogens (tertiary/aromatic N) is 2. The molecule has 0 unspecified atom stereocenters. The van der Waals surface area contributed by atoms with Crippen LogP contribution in [0.5, 0.6) is 0 Å². The highest BCUT2D eigenvalue weighted by atomic mass is 32.1. The lowest BCUT2D eigenvalue weighted by atomic mass is 10.3. The lowest BCUT2D eigenvalue weighted by Gasteiger charge is -2.05. The van der Waals surface area contributed by atoms with Crippen molar-refractivity contribution in [3.8, 4) is 0 Å². The summed E-state index contributed by atoms with van der Waals surface area (Å²) in [6, 6.07) is 2.05. The molecule has 0 radical (unpaired) electrons. The Labute approximate surface area is 113 Å². The maximum absolute atomic E-state index is 12.4. The third-order valence-corrected chi connectivity index (χ3v) is 3.75. The molecule has 19 heavy (non-hydrogen) atoms. The van der Waals surface area contributed by atoms with Crippen molar-refractivity contribution in [2.24, 2.45) is 0 Å². The van der Waals surface area contributed by atoms with Crippen LogP contribution in [-0.2, 0) is 19.3 Å². The molecule has 2 aromatic rings. The second-order valence-corrected chi connectivity index (χ2v) is 5.19. The van der Waals surface area contributed by atoms with Gasteiger partial charge in [0.25, 0.3) is 0 Å². The summed E-state index contributed by atoms with van der Waals surface area (Å²) >= 11 is 1.67. The van der Waals surface area contributed by atoms with E-state index in [9.17, 15) is 13.2 Å². The first-order valence-electron chi connectivity index (χ1n) is 5.80. The van der Waals surface area contributed by atoms with Crippen molar-refractivity contribution in [2.45, 2.75) is 26.2 Å². The standard InChI is InChI=1S/C12H14F3N3S/c1-9-2-5-19-11(9)7-16-3-4-18-8-10(6-17-18)12(13,14)15/h2,5-6,8,16H,3-4,7H2,1H3. The Hall–Kier alpha value is -1.34. The zero-order valence-electron chi connectivity index (χ0n) is 10.4. The highest BCUT2D eigenvalue weighted by molar-refractivity contribution is 7.10. The van der Waals surface area contributed by atoms with E-state index in [1.54, 1.807) is 11.3 Å². The van der Waals surface area contributed by atoms with E-state index in [0.29, 0.717) is 13.1 Å². The van der Waals surface area contributed by atoms with Crippen LogP contribution in [0.4, 0.5) is 13.2 Å². The number of hydrogen-bond donors (Lipinski definition) is 1. The summed E-state index contributed by atoms with van der Waals surface area (Å²) in [7, 11) is 0. The van der Waals surface area contributed by atoms with Gasteiger partial charge in [0, 0.05) is 24.2 Å². The predicted molar refractivity (Wildman–Crippen MR) is 68.0 cm³/mol. The first kappa shape index (κ1) is 14.1. The van der Waals surface area contributed by atoms with Crippen molar-refractivity contribution in [3.05, 3.63) is 39.8 Å². The van der Waals surface area contributed by atoms with Gasteiger partial charge in [0.2, 0.25) is 0 Å². The number of nitrogens with one attached hydrogen (secondary N) is 1. The monoisotopic (exact) mass is 289 g/mol. The zero-order chi connectivity index (χ0) is 13.9. The molecule has 3 nitrogen and oxygen atoms in total. The quantitative estimate of drug-likeness (QED) is 0.857. The molecule has 0 bridgehead atoms. The van der Waals surface area contributed by atoms with Crippen molar-refractivity contribution in [2.75, 3.05) is 6.54 Å². The van der Waals surface area contributed by atoms with Gasteiger partial charge in [-0.15, -0.1) is 11.3 Å². The smallest absolute Gasteiger partial charge is 0.310 e. The molecule has 0 saturated heterocycles. The third-order valence-electron chi connectivity index (χ3n) is 2.73. The summed E-state index contributed by atoms with van der Waals surface area (Å²) in [5.74, 6) is 0. The average Bonchev–Trinajstić information content (AvgIpc) is 2.93. The van der Waals surface area contributed by atoms with Gasteiger partial charge in [-0.25, -0.2) is 0 Å². The van der Waals surface area contributed by atoms with Crippen LogP contribution < -0.4 is 5.32 Å². The average molecular weight is 289 g/mol. The number of alkyl halides is 3. The molecule has 2 rings (SSSR count). The van der Waals surface area contributed by atoms with Crippen molar-refractivity contribution >= 4 is 11.3 Å². The van der Waals surface area contributed by atoms with Crippen LogP contribution in [0.3, 0.4) is 0 Å². The number of hydrogen-bond acceptors (Lipinski definition) is 3. The van der Waals surface area contributed by atoms with Crippen LogP contribution in [0.25, 0.3) is 0 Å². The largest absolute Gasteiger partial charge is 0.419 e. The lowest BCUT2D eigenvalue weighted by Crippen LogP contribution is -2.19. The first-order valence-corrected chi connectivity index (χ1v) is 6.68. The second kappa shape index (κ2) is 5.75. The number of thiophene rings is 1. The van der Waals surface area contributed by atoms with Crippen LogP contribution in [0.1, 0.15) is 16.0 Å². The maximum Gasteiger partial charge on any atom is 0.419 e. The fraction of sp³-hybridized carbons (Fsp3) is 0.417. The molecule has 0 spiro atoms. The first-order chi connectivity index (χ1) is 8.97. The molecule has 0 amide bonds. The summed E-state index contributed by atoms with van der Waals surface area (Å²) in [5.41, 5.74) is 0.526. The van der Waals surface area contributed by atoms with E-state index in [4.69, 9.17) is 0 Å². The minimum absolute atomic E-state index is 0.417. The molecule has 7 heteroatoms. The Bertz CT molecular complexity index is 530. The molecule has 0 aliphatic rings. The molecule has 0 saturated carbocycles. The van der Waals surface area contributed by atoms with E-state index in [-0.39, 0.29) is 0 Å². The van der Waals surface area contributed by atoms with E-state index in [0.717, 1.165) is 18.9 Å². The van der Waals surface area contributed by atoms with Crippen LogP contribution in [0.2, 0.25) is 0 Å². The Kier molecular flexibility index (Phi) is 4.26. The van der Waals surface area contributed by atoms with Crippen molar-refractivity contribution in [1.29, 1.82) is 0 Å². The summed E-state index contributed by atoms with van der Waals surface area (Å²) < 4.78 is 38.4. The Morgan fingerprint density at radius 3 is 2.79 bits per heavy atom. The number of rotatable bonds is 5. The molecule has 0 fully saturated rings. The predicted octanol–water partition coefficient (Wildman–Crippen LogP) is 3.06. The van der Waals surface area contributed by atoms with Crippen LogP contribution in [0, 0.1) is 6.92 Å². The molecule has 104 valence electrons. The van der Waals surface area contributed by atoms with Gasteiger partial charge in [0.05, 0.1) is 18.3 Å². The van der Waals surface area contributed by atoms with Crippen LogP contribution in [0.15, 0.2) is 23.8 Å². The van der Waals surface area contributed by atoms with E-state index in [1.165, 1.54) is 15.1 Å². The Balaban J connectivity index is 1.77.